The van der Waals surface area contributed by atoms with Crippen molar-refractivity contribution in [1.82, 2.24) is 0 Å². The van der Waals surface area contributed by atoms with Crippen LogP contribution in [0.2, 0.25) is 0 Å². The molecule has 2 saturated heterocycles. The zero-order chi connectivity index (χ0) is 18.6. The van der Waals surface area contributed by atoms with E-state index in [2.05, 4.69) is 9.47 Å². The molecule has 0 aromatic rings. The van der Waals surface area contributed by atoms with Crippen LogP contribution in [0.5, 0.6) is 0 Å². The Morgan fingerprint density at radius 1 is 0.583 bits per heavy atom. The molecule has 0 radical (unpaired) electrons. The lowest BCUT2D eigenvalue weighted by Gasteiger charge is -2.38. The second-order valence-electron chi connectivity index (χ2n) is 5.53. The molecule has 0 saturated carbocycles. The van der Waals surface area contributed by atoms with E-state index in [4.69, 9.17) is 46.6 Å². The summed E-state index contributed by atoms with van der Waals surface area (Å²) in [5.41, 5.74) is 5.33. The van der Waals surface area contributed by atoms with Gasteiger partial charge < -0.3 is 61.2 Å². The molecule has 0 bridgehead atoms. The lowest BCUT2D eigenvalue weighted by atomic mass is 9.97. The average molecular weight is 359 g/mol. The van der Waals surface area contributed by atoms with Crippen molar-refractivity contribution >= 4 is 0 Å². The van der Waals surface area contributed by atoms with Crippen LogP contribution in [0.4, 0.5) is 0 Å². The maximum Gasteiger partial charge on any atom is 0.184 e. The number of hydrogen-bond donors (Lipinski definition) is 10. The SMILES string of the molecule is N[C@@H]1[C@@H](O)[C@H](O)O[C@H](CO)[C@H]1O.OC[C@H]1O[C@@H](O)[C@H](O)[C@@H](O)[C@@H]1O. The Kier molecular flexibility index (Phi) is 8.34. The molecule has 11 N–H and O–H groups in total. The number of rotatable bonds is 2. The molecular weight excluding hydrogens is 334 g/mol. The van der Waals surface area contributed by atoms with Crippen LogP contribution in [-0.4, -0.2) is 121 Å². The van der Waals surface area contributed by atoms with Gasteiger partial charge in [0.1, 0.15) is 42.7 Å². The van der Waals surface area contributed by atoms with Gasteiger partial charge in [0.15, 0.2) is 12.6 Å². The first-order chi connectivity index (χ1) is 11.1. The molecule has 2 aliphatic heterocycles. The van der Waals surface area contributed by atoms with E-state index < -0.39 is 74.6 Å². The van der Waals surface area contributed by atoms with Crippen LogP contribution in [0.25, 0.3) is 0 Å². The van der Waals surface area contributed by atoms with Crippen molar-refractivity contribution in [3.8, 4) is 0 Å². The molecule has 2 rings (SSSR count). The molecule has 0 amide bonds. The molecule has 2 fully saturated rings. The third kappa shape index (κ3) is 4.78. The van der Waals surface area contributed by atoms with Gasteiger partial charge in [0.2, 0.25) is 0 Å². The first kappa shape index (κ1) is 21.6. The van der Waals surface area contributed by atoms with Gasteiger partial charge in [-0.1, -0.05) is 0 Å². The summed E-state index contributed by atoms with van der Waals surface area (Å²) in [4.78, 5) is 0. The van der Waals surface area contributed by atoms with Crippen LogP contribution in [0.3, 0.4) is 0 Å². The minimum Gasteiger partial charge on any atom is -0.394 e. The van der Waals surface area contributed by atoms with Gasteiger partial charge in [-0.3, -0.25) is 0 Å². The second kappa shape index (κ2) is 9.28. The number of aliphatic hydroxyl groups excluding tert-OH is 9. The van der Waals surface area contributed by atoms with E-state index in [0.29, 0.717) is 0 Å². The third-order valence-electron chi connectivity index (χ3n) is 3.82. The molecule has 12 heteroatoms. The van der Waals surface area contributed by atoms with Gasteiger partial charge in [-0.05, 0) is 0 Å². The van der Waals surface area contributed by atoms with Crippen molar-refractivity contribution in [2.24, 2.45) is 5.73 Å². The summed E-state index contributed by atoms with van der Waals surface area (Å²) in [5, 5.41) is 80.6. The lowest BCUT2D eigenvalue weighted by molar-refractivity contribution is -0.286. The van der Waals surface area contributed by atoms with Gasteiger partial charge in [0.05, 0.1) is 19.3 Å². The molecule has 2 aliphatic rings. The van der Waals surface area contributed by atoms with E-state index in [9.17, 15) is 5.11 Å². The average Bonchev–Trinajstić information content (AvgIpc) is 2.58. The quantitative estimate of drug-likeness (QED) is 0.222. The van der Waals surface area contributed by atoms with Crippen LogP contribution in [-0.2, 0) is 9.47 Å². The molecule has 0 aromatic carbocycles. The van der Waals surface area contributed by atoms with Crippen molar-refractivity contribution in [1.29, 1.82) is 0 Å². The van der Waals surface area contributed by atoms with Crippen molar-refractivity contribution in [3.05, 3.63) is 0 Å². The largest absolute Gasteiger partial charge is 0.394 e. The van der Waals surface area contributed by atoms with E-state index in [-0.39, 0.29) is 0 Å². The highest BCUT2D eigenvalue weighted by Gasteiger charge is 2.42. The predicted octanol–water partition coefficient (Wildman–Crippen LogP) is -6.48. The molecule has 0 spiro atoms. The summed E-state index contributed by atoms with van der Waals surface area (Å²) in [6, 6.07) is -0.995. The minimum atomic E-state index is -1.57. The van der Waals surface area contributed by atoms with Gasteiger partial charge in [0, 0.05) is 0 Å². The highest BCUT2D eigenvalue weighted by atomic mass is 16.6. The molecule has 2 heterocycles. The highest BCUT2D eigenvalue weighted by Crippen LogP contribution is 2.19. The van der Waals surface area contributed by atoms with Crippen LogP contribution in [0, 0.1) is 0 Å². The summed E-state index contributed by atoms with van der Waals surface area (Å²) < 4.78 is 9.23. The number of ether oxygens (including phenoxy) is 2. The summed E-state index contributed by atoms with van der Waals surface area (Å²) >= 11 is 0. The molecule has 12 nitrogen and oxygen atoms in total. The Balaban J connectivity index is 0.000000240. The molecule has 0 aliphatic carbocycles. The monoisotopic (exact) mass is 359 g/mol. The van der Waals surface area contributed by atoms with Crippen molar-refractivity contribution in [2.75, 3.05) is 13.2 Å². The Labute approximate surface area is 136 Å². The van der Waals surface area contributed by atoms with Crippen LogP contribution in [0.15, 0.2) is 0 Å². The Morgan fingerprint density at radius 3 is 1.46 bits per heavy atom. The number of aliphatic hydroxyl groups is 9. The number of hydrogen-bond acceptors (Lipinski definition) is 12. The van der Waals surface area contributed by atoms with E-state index in [0.717, 1.165) is 0 Å². The normalized spacial score (nSPS) is 49.2. The van der Waals surface area contributed by atoms with Crippen molar-refractivity contribution in [2.45, 2.75) is 61.3 Å². The fourth-order valence-electron chi connectivity index (χ4n) is 2.21. The maximum absolute atomic E-state index is 9.24. The van der Waals surface area contributed by atoms with Gasteiger partial charge in [-0.15, -0.1) is 0 Å². The van der Waals surface area contributed by atoms with E-state index in [1.807, 2.05) is 0 Å². The van der Waals surface area contributed by atoms with Gasteiger partial charge in [-0.25, -0.2) is 0 Å². The van der Waals surface area contributed by atoms with Crippen LogP contribution < -0.4 is 5.73 Å². The smallest absolute Gasteiger partial charge is 0.184 e. The summed E-state index contributed by atoms with van der Waals surface area (Å²) in [7, 11) is 0. The summed E-state index contributed by atoms with van der Waals surface area (Å²) in [6.45, 7) is -0.972. The first-order valence-corrected chi connectivity index (χ1v) is 7.20. The fourth-order valence-corrected chi connectivity index (χ4v) is 2.21. The predicted molar refractivity (Wildman–Crippen MR) is 73.9 cm³/mol. The molecule has 0 aromatic heterocycles. The third-order valence-corrected chi connectivity index (χ3v) is 3.82. The van der Waals surface area contributed by atoms with Crippen molar-refractivity contribution in [3.63, 3.8) is 0 Å². The molecular formula is C12H25NO11. The molecule has 0 unspecified atom stereocenters. The van der Waals surface area contributed by atoms with E-state index >= 15 is 0 Å². The standard InChI is InChI=1S/C6H13NO5.C6H12O6/c7-3-4(9)2(1-8)12-6(11)5(3)10;7-1-2-3(8)4(9)5(10)6(11)12-2/h2-6,8-11H,1,7H2;2-11H,1H2/t2-,3+,4-,5-,6-;2-,3-,4+,5-,6-/m11/s1. The molecule has 10 atom stereocenters. The second-order valence-corrected chi connectivity index (χ2v) is 5.53. The Bertz CT molecular complexity index is 331. The molecule has 24 heavy (non-hydrogen) atoms. The summed E-state index contributed by atoms with van der Waals surface area (Å²) in [5.74, 6) is 0. The topological polar surface area (TPSA) is 227 Å². The van der Waals surface area contributed by atoms with Gasteiger partial charge in [-0.2, -0.15) is 0 Å². The number of nitrogens with two attached hydrogens (primary N) is 1. The van der Waals surface area contributed by atoms with E-state index in [1.165, 1.54) is 0 Å². The zero-order valence-electron chi connectivity index (χ0n) is 12.6. The lowest BCUT2D eigenvalue weighted by Crippen LogP contribution is -2.62. The first-order valence-electron chi connectivity index (χ1n) is 7.20. The molecule has 144 valence electrons. The minimum absolute atomic E-state index is 0.446. The van der Waals surface area contributed by atoms with Gasteiger partial charge in [0.25, 0.3) is 0 Å². The Morgan fingerprint density at radius 2 is 1.00 bits per heavy atom. The van der Waals surface area contributed by atoms with Gasteiger partial charge >= 0.3 is 0 Å². The van der Waals surface area contributed by atoms with E-state index in [1.54, 1.807) is 0 Å². The zero-order valence-corrected chi connectivity index (χ0v) is 12.6. The maximum atomic E-state index is 9.24. The Hall–Kier alpha value is -0.480. The highest BCUT2D eigenvalue weighted by molar-refractivity contribution is 4.91. The van der Waals surface area contributed by atoms with Crippen LogP contribution >= 0.6 is 0 Å². The van der Waals surface area contributed by atoms with Crippen LogP contribution in [0.1, 0.15) is 0 Å². The van der Waals surface area contributed by atoms with Crippen molar-refractivity contribution < 1.29 is 55.4 Å². The fraction of sp³-hybridized carbons (Fsp3) is 1.00. The summed E-state index contributed by atoms with van der Waals surface area (Å²) in [6.07, 6.45) is -11.9.